The van der Waals surface area contributed by atoms with Crippen molar-refractivity contribution in [1.29, 1.82) is 0 Å². The molecule has 160 valence electrons. The topological polar surface area (TPSA) is 82.3 Å². The molecule has 1 aliphatic heterocycles. The molecule has 1 aliphatic rings. The number of rotatable bonds is 4. The van der Waals surface area contributed by atoms with Gasteiger partial charge >= 0.3 is 12.8 Å². The summed E-state index contributed by atoms with van der Waals surface area (Å²) in [5, 5.41) is 4.28. The Bertz CT molecular complexity index is 1170. The number of alkyl halides is 5. The van der Waals surface area contributed by atoms with Gasteiger partial charge in [0.2, 0.25) is 5.88 Å². The van der Waals surface area contributed by atoms with Gasteiger partial charge in [0.25, 0.3) is 5.91 Å². The highest BCUT2D eigenvalue weighted by atomic mass is 19.4. The number of aliphatic imine (C=N–C) groups is 1. The number of aromatic nitrogens is 4. The van der Waals surface area contributed by atoms with Gasteiger partial charge in [0.1, 0.15) is 5.69 Å². The predicted octanol–water partition coefficient (Wildman–Crippen LogP) is 3.99. The molecule has 3 aromatic heterocycles. The number of hydrogen-bond acceptors (Lipinski definition) is 5. The molecule has 0 bridgehead atoms. The zero-order valence-corrected chi connectivity index (χ0v) is 15.5. The van der Waals surface area contributed by atoms with Crippen molar-refractivity contribution in [3.8, 4) is 17.1 Å². The van der Waals surface area contributed by atoms with E-state index >= 15 is 0 Å². The first-order valence-corrected chi connectivity index (χ1v) is 8.85. The fraction of sp³-hybridized carbons (Fsp3) is 0.211. The number of hydrogen-bond donors (Lipinski definition) is 0. The molecule has 0 saturated heterocycles. The van der Waals surface area contributed by atoms with Crippen molar-refractivity contribution in [3.63, 3.8) is 0 Å². The fourth-order valence-electron chi connectivity index (χ4n) is 3.04. The Labute approximate surface area is 171 Å². The quantitative estimate of drug-likeness (QED) is 0.577. The van der Waals surface area contributed by atoms with Gasteiger partial charge < -0.3 is 4.74 Å². The molecule has 0 aliphatic carbocycles. The van der Waals surface area contributed by atoms with Crippen LogP contribution in [0.4, 0.5) is 22.0 Å². The van der Waals surface area contributed by atoms with Crippen molar-refractivity contribution >= 4 is 11.6 Å². The molecule has 0 spiro atoms. The molecule has 3 aromatic rings. The fourth-order valence-corrected chi connectivity index (χ4v) is 3.04. The third-order valence-electron chi connectivity index (χ3n) is 4.41. The molecule has 0 radical (unpaired) electrons. The van der Waals surface area contributed by atoms with Gasteiger partial charge in [-0.15, -0.1) is 0 Å². The summed E-state index contributed by atoms with van der Waals surface area (Å²) in [6, 6.07) is 6.18. The van der Waals surface area contributed by atoms with Crippen LogP contribution in [0.15, 0.2) is 47.7 Å². The zero-order chi connectivity index (χ0) is 22.2. The van der Waals surface area contributed by atoms with Crippen molar-refractivity contribution in [3.05, 3.63) is 59.7 Å². The van der Waals surface area contributed by atoms with Gasteiger partial charge in [-0.3, -0.25) is 14.5 Å². The van der Waals surface area contributed by atoms with Crippen molar-refractivity contribution in [2.75, 3.05) is 0 Å². The van der Waals surface area contributed by atoms with Crippen LogP contribution in [0.3, 0.4) is 0 Å². The van der Waals surface area contributed by atoms with Crippen molar-refractivity contribution in [2.45, 2.75) is 25.8 Å². The molecule has 7 nitrogen and oxygen atoms in total. The lowest BCUT2D eigenvalue weighted by molar-refractivity contribution is -0.141. The molecule has 0 aromatic carbocycles. The minimum Gasteiger partial charge on any atom is -0.417 e. The molecule has 4 rings (SSSR count). The molecule has 0 atom stereocenters. The smallest absolute Gasteiger partial charge is 0.417 e. The monoisotopic (exact) mass is 437 g/mol. The number of fused-ring (bicyclic) bond motifs is 1. The highest BCUT2D eigenvalue weighted by Gasteiger charge is 2.33. The molecule has 0 N–H and O–H groups in total. The van der Waals surface area contributed by atoms with Crippen LogP contribution in [0.25, 0.3) is 11.3 Å². The number of pyridine rings is 2. The molecule has 0 fully saturated rings. The summed E-state index contributed by atoms with van der Waals surface area (Å²) >= 11 is 0. The maximum atomic E-state index is 12.9. The standard InChI is InChI=1S/C19H12F5N5O2/c20-18(21)31-16-8-11(2-5-26-16)17(30)27-12-3-6-29-14(12)9-13(28-29)10-1-4-25-15(7-10)19(22,23)24/h1-2,4-5,7-9,18H,3,6H2. The van der Waals surface area contributed by atoms with E-state index in [1.807, 2.05) is 0 Å². The Morgan fingerprint density at radius 1 is 1.13 bits per heavy atom. The van der Waals surface area contributed by atoms with Crippen molar-refractivity contribution in [2.24, 2.45) is 4.99 Å². The summed E-state index contributed by atoms with van der Waals surface area (Å²) in [7, 11) is 0. The van der Waals surface area contributed by atoms with E-state index in [-0.39, 0.29) is 16.8 Å². The van der Waals surface area contributed by atoms with Crippen molar-refractivity contribution < 1.29 is 31.5 Å². The lowest BCUT2D eigenvalue weighted by atomic mass is 10.1. The Balaban J connectivity index is 1.61. The second kappa shape index (κ2) is 7.85. The van der Waals surface area contributed by atoms with E-state index in [4.69, 9.17) is 0 Å². The molecule has 31 heavy (non-hydrogen) atoms. The number of ether oxygens (including phenoxy) is 1. The Hall–Kier alpha value is -3.70. The van der Waals surface area contributed by atoms with E-state index in [0.29, 0.717) is 24.4 Å². The third kappa shape index (κ3) is 4.42. The molecule has 0 saturated carbocycles. The number of nitrogens with zero attached hydrogens (tertiary/aromatic N) is 5. The number of amides is 1. The number of carbonyl (C=O) groups is 1. The lowest BCUT2D eigenvalue weighted by Gasteiger charge is -2.06. The lowest BCUT2D eigenvalue weighted by Crippen LogP contribution is -2.07. The van der Waals surface area contributed by atoms with Gasteiger partial charge in [-0.1, -0.05) is 0 Å². The number of halogens is 5. The number of carbonyl (C=O) groups excluding carboxylic acids is 1. The average Bonchev–Trinajstić information content (AvgIpc) is 3.29. The minimum atomic E-state index is -4.59. The average molecular weight is 437 g/mol. The van der Waals surface area contributed by atoms with Gasteiger partial charge in [0.05, 0.1) is 17.1 Å². The molecule has 1 amide bonds. The molecular formula is C19H12F5N5O2. The summed E-state index contributed by atoms with van der Waals surface area (Å²) in [6.07, 6.45) is -2.02. The molecular weight excluding hydrogens is 425 g/mol. The van der Waals surface area contributed by atoms with Crippen molar-refractivity contribution in [1.82, 2.24) is 19.7 Å². The van der Waals surface area contributed by atoms with Crippen LogP contribution in [-0.2, 0) is 12.7 Å². The second-order valence-corrected chi connectivity index (χ2v) is 6.44. The summed E-state index contributed by atoms with van der Waals surface area (Å²) in [4.78, 5) is 23.4. The first-order valence-electron chi connectivity index (χ1n) is 8.85. The Morgan fingerprint density at radius 2 is 1.90 bits per heavy atom. The van der Waals surface area contributed by atoms with Gasteiger partial charge in [0, 0.05) is 42.6 Å². The molecule has 12 heteroatoms. The van der Waals surface area contributed by atoms with Gasteiger partial charge in [-0.2, -0.15) is 27.1 Å². The van der Waals surface area contributed by atoms with Crippen LogP contribution >= 0.6 is 0 Å². The minimum absolute atomic E-state index is 0.000270. The second-order valence-electron chi connectivity index (χ2n) is 6.44. The third-order valence-corrected chi connectivity index (χ3v) is 4.41. The molecule has 0 unspecified atom stereocenters. The number of aryl methyl sites for hydroxylation is 1. The SMILES string of the molecule is O=C(N=C1CCn2nc(-c3ccnc(C(F)(F)F)c3)cc21)c1ccnc(OC(F)F)c1. The van der Waals surface area contributed by atoms with Crippen LogP contribution in [0.5, 0.6) is 5.88 Å². The van der Waals surface area contributed by atoms with Crippen LogP contribution < -0.4 is 4.74 Å². The van der Waals surface area contributed by atoms with E-state index in [2.05, 4.69) is 24.8 Å². The normalized spacial score (nSPS) is 14.8. The van der Waals surface area contributed by atoms with E-state index in [1.54, 1.807) is 0 Å². The zero-order valence-electron chi connectivity index (χ0n) is 15.5. The highest BCUT2D eigenvalue weighted by molar-refractivity contribution is 6.11. The highest BCUT2D eigenvalue weighted by Crippen LogP contribution is 2.31. The first kappa shape index (κ1) is 20.6. The van der Waals surface area contributed by atoms with E-state index in [9.17, 15) is 26.7 Å². The van der Waals surface area contributed by atoms with Crippen LogP contribution in [0.1, 0.15) is 28.2 Å². The summed E-state index contributed by atoms with van der Waals surface area (Å²) < 4.78 is 69.1. The maximum absolute atomic E-state index is 12.9. The first-order chi connectivity index (χ1) is 14.7. The van der Waals surface area contributed by atoms with Crippen LogP contribution in [-0.4, -0.2) is 38.0 Å². The molecule has 4 heterocycles. The van der Waals surface area contributed by atoms with Gasteiger partial charge in [0.15, 0.2) is 0 Å². The Morgan fingerprint density at radius 3 is 2.65 bits per heavy atom. The Kier molecular flexibility index (Phi) is 5.21. The van der Waals surface area contributed by atoms with Crippen LogP contribution in [0.2, 0.25) is 0 Å². The summed E-state index contributed by atoms with van der Waals surface area (Å²) in [6.45, 7) is -2.70. The maximum Gasteiger partial charge on any atom is 0.433 e. The van der Waals surface area contributed by atoms with E-state index in [1.165, 1.54) is 22.9 Å². The van der Waals surface area contributed by atoms with Crippen LogP contribution in [0, 0.1) is 0 Å². The van der Waals surface area contributed by atoms with Gasteiger partial charge in [-0.05, 0) is 24.3 Å². The van der Waals surface area contributed by atoms with E-state index in [0.717, 1.165) is 24.5 Å². The van der Waals surface area contributed by atoms with E-state index < -0.39 is 30.3 Å². The summed E-state index contributed by atoms with van der Waals surface area (Å²) in [5.41, 5.74) is 0.313. The largest absolute Gasteiger partial charge is 0.433 e. The summed E-state index contributed by atoms with van der Waals surface area (Å²) in [5.74, 6) is -1.12. The predicted molar refractivity (Wildman–Crippen MR) is 96.8 cm³/mol. The van der Waals surface area contributed by atoms with Gasteiger partial charge in [-0.25, -0.2) is 9.98 Å².